The van der Waals surface area contributed by atoms with Gasteiger partial charge in [0, 0.05) is 5.56 Å². The van der Waals surface area contributed by atoms with Gasteiger partial charge in [0.2, 0.25) is 0 Å². The maximum absolute atomic E-state index is 12.8. The number of aliphatic carboxylic acids is 1. The van der Waals surface area contributed by atoms with Crippen LogP contribution in [0.1, 0.15) is 17.0 Å². The highest BCUT2D eigenvalue weighted by Gasteiger charge is 2.17. The van der Waals surface area contributed by atoms with Gasteiger partial charge in [-0.1, -0.05) is 24.3 Å². The van der Waals surface area contributed by atoms with Crippen LogP contribution in [-0.4, -0.2) is 29.8 Å². The molecule has 27 heavy (non-hydrogen) atoms. The molecule has 0 aliphatic heterocycles. The van der Waals surface area contributed by atoms with Crippen LogP contribution in [-0.2, 0) is 4.79 Å². The standard InChI is InChI=1S/C19H15F2NO4S/c1-25-14-7-4-5-11(17(14)26-19(20)21)9-12(10-16(23)24)18-22-13-6-2-3-8-15(13)27-18/h2-9,19H,10H2,1H3,(H,23,24)/b12-9+. The van der Waals surface area contributed by atoms with Crippen LogP contribution in [0.4, 0.5) is 8.78 Å². The lowest BCUT2D eigenvalue weighted by Gasteiger charge is -2.13. The maximum Gasteiger partial charge on any atom is 0.387 e. The highest BCUT2D eigenvalue weighted by Crippen LogP contribution is 2.37. The van der Waals surface area contributed by atoms with Crippen molar-refractivity contribution in [1.29, 1.82) is 0 Å². The van der Waals surface area contributed by atoms with Crippen molar-refractivity contribution in [2.45, 2.75) is 13.0 Å². The van der Waals surface area contributed by atoms with E-state index in [1.807, 2.05) is 24.3 Å². The summed E-state index contributed by atoms with van der Waals surface area (Å²) in [5.41, 5.74) is 1.41. The van der Waals surface area contributed by atoms with Crippen molar-refractivity contribution in [3.63, 3.8) is 0 Å². The van der Waals surface area contributed by atoms with Gasteiger partial charge < -0.3 is 14.6 Å². The molecule has 0 saturated carbocycles. The first-order chi connectivity index (χ1) is 13.0. The number of nitrogens with zero attached hydrogens (tertiary/aromatic N) is 1. The van der Waals surface area contributed by atoms with Crippen molar-refractivity contribution in [3.05, 3.63) is 53.0 Å². The molecule has 0 amide bonds. The van der Waals surface area contributed by atoms with Crippen LogP contribution in [0.25, 0.3) is 21.9 Å². The highest BCUT2D eigenvalue weighted by atomic mass is 32.1. The molecule has 8 heteroatoms. The monoisotopic (exact) mass is 391 g/mol. The van der Waals surface area contributed by atoms with Gasteiger partial charge >= 0.3 is 12.6 Å². The van der Waals surface area contributed by atoms with E-state index in [1.54, 1.807) is 12.1 Å². The number of methoxy groups -OCH3 is 1. The number of carboxylic acid groups (broad SMARTS) is 1. The van der Waals surface area contributed by atoms with E-state index in [0.29, 0.717) is 10.6 Å². The van der Waals surface area contributed by atoms with Crippen LogP contribution in [0.3, 0.4) is 0 Å². The molecule has 3 aromatic rings. The number of thiazole rings is 1. The molecule has 2 aromatic carbocycles. The lowest BCUT2D eigenvalue weighted by Crippen LogP contribution is -2.05. The number of aromatic nitrogens is 1. The maximum atomic E-state index is 12.8. The largest absolute Gasteiger partial charge is 0.493 e. The number of halogens is 2. The molecule has 0 bridgehead atoms. The quantitative estimate of drug-likeness (QED) is 0.619. The molecule has 1 N–H and O–H groups in total. The number of carbonyl (C=O) groups is 1. The number of ether oxygens (including phenoxy) is 2. The SMILES string of the molecule is COc1cccc(/C=C(\CC(=O)O)c2nc3ccccc3s2)c1OC(F)F. The molecule has 0 aliphatic carbocycles. The Morgan fingerprint density at radius 3 is 2.70 bits per heavy atom. The summed E-state index contributed by atoms with van der Waals surface area (Å²) in [5, 5.41) is 9.78. The Kier molecular flexibility index (Phi) is 5.66. The van der Waals surface area contributed by atoms with Gasteiger partial charge in [0.25, 0.3) is 0 Å². The summed E-state index contributed by atoms with van der Waals surface area (Å²) in [5.74, 6) is -1.08. The zero-order valence-electron chi connectivity index (χ0n) is 14.2. The Balaban J connectivity index is 2.12. The van der Waals surface area contributed by atoms with E-state index >= 15 is 0 Å². The topological polar surface area (TPSA) is 68.7 Å². The highest BCUT2D eigenvalue weighted by molar-refractivity contribution is 7.19. The first kappa shape index (κ1) is 18.8. The zero-order chi connectivity index (χ0) is 19.4. The summed E-state index contributed by atoms with van der Waals surface area (Å²) in [6.07, 6.45) is 1.18. The predicted molar refractivity (Wildman–Crippen MR) is 99.4 cm³/mol. The third-order valence-electron chi connectivity index (χ3n) is 3.68. The number of benzene rings is 2. The molecular formula is C19H15F2NO4S. The lowest BCUT2D eigenvalue weighted by atomic mass is 10.1. The Hall–Kier alpha value is -3.00. The molecule has 0 spiro atoms. The van der Waals surface area contributed by atoms with Crippen LogP contribution < -0.4 is 9.47 Å². The lowest BCUT2D eigenvalue weighted by molar-refractivity contribution is -0.135. The molecule has 0 aliphatic rings. The Bertz CT molecular complexity index is 967. The predicted octanol–water partition coefficient (Wildman–Crippen LogP) is 4.92. The summed E-state index contributed by atoms with van der Waals surface area (Å²) in [6, 6.07) is 12.1. The number of alkyl halides is 2. The van der Waals surface area contributed by atoms with Crippen molar-refractivity contribution in [2.75, 3.05) is 7.11 Å². The van der Waals surface area contributed by atoms with E-state index < -0.39 is 12.6 Å². The van der Waals surface area contributed by atoms with E-state index in [2.05, 4.69) is 9.72 Å². The van der Waals surface area contributed by atoms with Crippen LogP contribution in [0.5, 0.6) is 11.5 Å². The van der Waals surface area contributed by atoms with Crippen molar-refractivity contribution >= 4 is 39.2 Å². The van der Waals surface area contributed by atoms with Gasteiger partial charge in [-0.05, 0) is 29.8 Å². The van der Waals surface area contributed by atoms with E-state index in [-0.39, 0.29) is 23.5 Å². The second-order valence-corrected chi connectivity index (χ2v) is 6.51. The molecule has 0 unspecified atom stereocenters. The minimum Gasteiger partial charge on any atom is -0.493 e. The Labute approximate surface area is 157 Å². The number of hydrogen-bond acceptors (Lipinski definition) is 5. The molecule has 0 atom stereocenters. The van der Waals surface area contributed by atoms with Gasteiger partial charge in [-0.2, -0.15) is 8.78 Å². The average molecular weight is 391 g/mol. The number of hydrogen-bond donors (Lipinski definition) is 1. The smallest absolute Gasteiger partial charge is 0.387 e. The summed E-state index contributed by atoms with van der Waals surface area (Å²) < 4.78 is 36.2. The minimum atomic E-state index is -3.04. The third-order valence-corrected chi connectivity index (χ3v) is 4.79. The summed E-state index contributed by atoms with van der Waals surface area (Å²) in [4.78, 5) is 15.8. The molecule has 3 rings (SSSR count). The fourth-order valence-electron chi connectivity index (χ4n) is 2.57. The summed E-state index contributed by atoms with van der Waals surface area (Å²) in [6.45, 7) is -3.04. The third kappa shape index (κ3) is 4.40. The van der Waals surface area contributed by atoms with Crippen LogP contribution >= 0.6 is 11.3 Å². The Morgan fingerprint density at radius 1 is 1.26 bits per heavy atom. The van der Waals surface area contributed by atoms with Crippen LogP contribution in [0, 0.1) is 0 Å². The Morgan fingerprint density at radius 2 is 2.04 bits per heavy atom. The summed E-state index contributed by atoms with van der Waals surface area (Å²) in [7, 11) is 1.34. The van der Waals surface area contributed by atoms with Crippen LogP contribution in [0.15, 0.2) is 42.5 Å². The first-order valence-electron chi connectivity index (χ1n) is 7.88. The van der Waals surface area contributed by atoms with E-state index in [1.165, 1.54) is 30.6 Å². The van der Waals surface area contributed by atoms with Gasteiger partial charge in [0.15, 0.2) is 11.5 Å². The second-order valence-electron chi connectivity index (χ2n) is 5.48. The molecule has 140 valence electrons. The normalized spacial score (nSPS) is 11.8. The van der Waals surface area contributed by atoms with Gasteiger partial charge in [-0.15, -0.1) is 11.3 Å². The van der Waals surface area contributed by atoms with Crippen molar-refractivity contribution in [3.8, 4) is 11.5 Å². The van der Waals surface area contributed by atoms with Crippen molar-refractivity contribution < 1.29 is 28.2 Å². The number of fused-ring (bicyclic) bond motifs is 1. The van der Waals surface area contributed by atoms with E-state index in [0.717, 1.165) is 10.2 Å². The van der Waals surface area contributed by atoms with Gasteiger partial charge in [0.05, 0.1) is 23.7 Å². The molecule has 1 aromatic heterocycles. The van der Waals surface area contributed by atoms with E-state index in [4.69, 9.17) is 4.74 Å². The second kappa shape index (κ2) is 8.13. The molecule has 0 radical (unpaired) electrons. The van der Waals surface area contributed by atoms with Crippen molar-refractivity contribution in [2.24, 2.45) is 0 Å². The summed E-state index contributed by atoms with van der Waals surface area (Å²) >= 11 is 1.33. The minimum absolute atomic E-state index is 0.128. The average Bonchev–Trinajstić information content (AvgIpc) is 3.06. The zero-order valence-corrected chi connectivity index (χ0v) is 15.0. The van der Waals surface area contributed by atoms with Crippen LogP contribution in [0.2, 0.25) is 0 Å². The van der Waals surface area contributed by atoms with Gasteiger partial charge in [-0.3, -0.25) is 4.79 Å². The number of rotatable bonds is 7. The molecule has 5 nitrogen and oxygen atoms in total. The molecule has 0 saturated heterocycles. The number of carboxylic acids is 1. The van der Waals surface area contributed by atoms with Gasteiger partial charge in [-0.25, -0.2) is 4.98 Å². The fraction of sp³-hybridized carbons (Fsp3) is 0.158. The fourth-order valence-corrected chi connectivity index (χ4v) is 3.55. The molecule has 1 heterocycles. The van der Waals surface area contributed by atoms with E-state index in [9.17, 15) is 18.7 Å². The number of para-hydroxylation sites is 2. The molecular weight excluding hydrogens is 376 g/mol. The molecule has 0 fully saturated rings. The van der Waals surface area contributed by atoms with Crippen molar-refractivity contribution in [1.82, 2.24) is 4.98 Å². The van der Waals surface area contributed by atoms with Gasteiger partial charge in [0.1, 0.15) is 5.01 Å². The first-order valence-corrected chi connectivity index (χ1v) is 8.69.